The number of nitrogens with one attached hydrogen (secondary N) is 1. The monoisotopic (exact) mass is 482 g/mol. The van der Waals surface area contributed by atoms with Crippen LogP contribution in [0, 0.1) is 0 Å². The van der Waals surface area contributed by atoms with E-state index in [0.717, 1.165) is 52.0 Å². The molecule has 1 N–H and O–H groups in total. The summed E-state index contributed by atoms with van der Waals surface area (Å²) in [5.41, 5.74) is 6.17. The van der Waals surface area contributed by atoms with Gasteiger partial charge in [0.15, 0.2) is 0 Å². The molecule has 1 fully saturated rings. The van der Waals surface area contributed by atoms with Gasteiger partial charge in [-0.1, -0.05) is 30.3 Å². The second-order valence-corrected chi connectivity index (χ2v) is 9.13. The van der Waals surface area contributed by atoms with E-state index in [1.165, 1.54) is 5.69 Å². The lowest BCUT2D eigenvalue weighted by atomic mass is 9.99. The molecule has 0 bridgehead atoms. The molecule has 1 saturated heterocycles. The number of fused-ring (bicyclic) bond motifs is 1. The number of ether oxygens (including phenoxy) is 2. The van der Waals surface area contributed by atoms with Gasteiger partial charge in [-0.05, 0) is 43.7 Å². The van der Waals surface area contributed by atoms with Crippen molar-refractivity contribution in [2.75, 3.05) is 32.1 Å². The molecule has 0 spiro atoms. The van der Waals surface area contributed by atoms with Crippen molar-refractivity contribution < 1.29 is 14.3 Å². The number of aromatic nitrogens is 2. The Hall–Kier alpha value is -3.97. The van der Waals surface area contributed by atoms with Crippen LogP contribution >= 0.6 is 0 Å². The second kappa shape index (κ2) is 9.95. The van der Waals surface area contributed by atoms with Gasteiger partial charge in [0.05, 0.1) is 24.8 Å². The van der Waals surface area contributed by atoms with Crippen LogP contribution in [0.5, 0.6) is 5.75 Å². The zero-order chi connectivity index (χ0) is 25.2. The number of nitrogens with zero attached hydrogens (tertiary/aromatic N) is 3. The third-order valence-electron chi connectivity index (χ3n) is 6.55. The van der Waals surface area contributed by atoms with Crippen molar-refractivity contribution in [3.63, 3.8) is 0 Å². The quantitative estimate of drug-likeness (QED) is 0.434. The van der Waals surface area contributed by atoms with E-state index >= 15 is 0 Å². The fraction of sp³-hybridized carbons (Fsp3) is 0.276. The largest absolute Gasteiger partial charge is 0.495 e. The lowest BCUT2D eigenvalue weighted by Gasteiger charge is -2.36. The van der Waals surface area contributed by atoms with Crippen LogP contribution in [-0.2, 0) is 4.74 Å². The summed E-state index contributed by atoms with van der Waals surface area (Å²) in [5.74, 6) is 0.561. The van der Waals surface area contributed by atoms with Gasteiger partial charge in [-0.2, -0.15) is 0 Å². The van der Waals surface area contributed by atoms with Crippen LogP contribution in [0.2, 0.25) is 0 Å². The summed E-state index contributed by atoms with van der Waals surface area (Å²) < 4.78 is 11.8. The van der Waals surface area contributed by atoms with Crippen molar-refractivity contribution in [1.82, 2.24) is 15.3 Å². The molecule has 0 aliphatic carbocycles. The highest BCUT2D eigenvalue weighted by Gasteiger charge is 2.22. The Kier molecular flexibility index (Phi) is 6.57. The second-order valence-electron chi connectivity index (χ2n) is 9.13. The average Bonchev–Trinajstić information content (AvgIpc) is 2.91. The fourth-order valence-electron chi connectivity index (χ4n) is 4.91. The smallest absolute Gasteiger partial charge is 0.269 e. The van der Waals surface area contributed by atoms with Crippen LogP contribution in [-0.4, -0.2) is 55.3 Å². The molecule has 36 heavy (non-hydrogen) atoms. The summed E-state index contributed by atoms with van der Waals surface area (Å²) in [6.45, 7) is 5.99. The first kappa shape index (κ1) is 23.8. The topological polar surface area (TPSA) is 76.6 Å². The van der Waals surface area contributed by atoms with Gasteiger partial charge in [0.2, 0.25) is 0 Å². The molecule has 0 saturated carbocycles. The summed E-state index contributed by atoms with van der Waals surface area (Å²) in [5, 5.41) is 3.51. The maximum Gasteiger partial charge on any atom is 0.269 e. The maximum absolute atomic E-state index is 11.9. The Morgan fingerprint density at radius 2 is 1.67 bits per heavy atom. The van der Waals surface area contributed by atoms with Crippen LogP contribution in [0.25, 0.3) is 33.2 Å². The molecule has 5 rings (SSSR count). The van der Waals surface area contributed by atoms with Crippen molar-refractivity contribution in [1.29, 1.82) is 0 Å². The predicted octanol–water partition coefficient (Wildman–Crippen LogP) is 4.95. The number of hydrogen-bond acceptors (Lipinski definition) is 6. The summed E-state index contributed by atoms with van der Waals surface area (Å²) >= 11 is 0. The molecule has 1 unspecified atom stereocenters. The van der Waals surface area contributed by atoms with Crippen LogP contribution in [0.1, 0.15) is 24.3 Å². The van der Waals surface area contributed by atoms with E-state index in [1.807, 2.05) is 30.5 Å². The normalized spacial score (nSPS) is 17.7. The lowest BCUT2D eigenvalue weighted by Crippen LogP contribution is -2.45. The molecule has 184 valence electrons. The van der Waals surface area contributed by atoms with Gasteiger partial charge < -0.3 is 19.7 Å². The van der Waals surface area contributed by atoms with Crippen LogP contribution in [0.15, 0.2) is 67.0 Å². The summed E-state index contributed by atoms with van der Waals surface area (Å²) in [7, 11) is 3.28. The van der Waals surface area contributed by atoms with Gasteiger partial charge in [0.1, 0.15) is 11.4 Å². The number of rotatable bonds is 5. The van der Waals surface area contributed by atoms with Crippen molar-refractivity contribution >= 4 is 22.5 Å². The van der Waals surface area contributed by atoms with Gasteiger partial charge >= 0.3 is 0 Å². The molecular weight excluding hydrogens is 452 g/mol. The Morgan fingerprint density at radius 3 is 2.31 bits per heavy atom. The van der Waals surface area contributed by atoms with E-state index in [4.69, 9.17) is 14.5 Å². The average molecular weight is 483 g/mol. The molecule has 0 radical (unpaired) electrons. The highest BCUT2D eigenvalue weighted by molar-refractivity contribution is 6.00. The zero-order valence-electron chi connectivity index (χ0n) is 21.0. The SMILES string of the molecule is CNC(=O)c1ccc(-c2cccc3c(OC)c(-c4ccc(N5CC(C)O[C@H](C)C5)cc4)cnc23)cn1. The minimum absolute atomic E-state index is 0.211. The summed E-state index contributed by atoms with van der Waals surface area (Å²) in [4.78, 5) is 23.4. The van der Waals surface area contributed by atoms with Gasteiger partial charge in [-0.3, -0.25) is 14.8 Å². The molecule has 7 nitrogen and oxygen atoms in total. The Morgan fingerprint density at radius 1 is 0.944 bits per heavy atom. The van der Waals surface area contributed by atoms with Gasteiger partial charge in [-0.25, -0.2) is 0 Å². The Bertz CT molecular complexity index is 1380. The number of benzene rings is 2. The number of methoxy groups -OCH3 is 1. The molecule has 1 aliphatic rings. The van der Waals surface area contributed by atoms with Gasteiger partial charge in [0.25, 0.3) is 5.91 Å². The molecule has 2 atom stereocenters. The first-order valence-electron chi connectivity index (χ1n) is 12.1. The summed E-state index contributed by atoms with van der Waals surface area (Å²) in [6, 6.07) is 18.2. The van der Waals surface area contributed by atoms with Crippen LogP contribution in [0.3, 0.4) is 0 Å². The van der Waals surface area contributed by atoms with Crippen molar-refractivity contribution in [3.8, 4) is 28.0 Å². The number of anilines is 1. The van der Waals surface area contributed by atoms with E-state index in [-0.39, 0.29) is 18.1 Å². The minimum Gasteiger partial charge on any atom is -0.495 e. The van der Waals surface area contributed by atoms with E-state index in [2.05, 4.69) is 53.3 Å². The highest BCUT2D eigenvalue weighted by Crippen LogP contribution is 2.39. The molecule has 2 aromatic carbocycles. The number of amides is 1. The molecule has 4 aromatic rings. The number of hydrogen-bond donors (Lipinski definition) is 1. The minimum atomic E-state index is -0.215. The first-order valence-corrected chi connectivity index (χ1v) is 12.1. The Balaban J connectivity index is 1.50. The van der Waals surface area contributed by atoms with E-state index in [9.17, 15) is 4.79 Å². The zero-order valence-corrected chi connectivity index (χ0v) is 21.0. The number of carbonyl (C=O) groups is 1. The van der Waals surface area contributed by atoms with Gasteiger partial charge in [-0.15, -0.1) is 0 Å². The Labute approximate surface area is 211 Å². The van der Waals surface area contributed by atoms with E-state index in [1.54, 1.807) is 26.4 Å². The van der Waals surface area contributed by atoms with Gasteiger partial charge in [0, 0.05) is 60.3 Å². The fourth-order valence-corrected chi connectivity index (χ4v) is 4.91. The lowest BCUT2D eigenvalue weighted by molar-refractivity contribution is -0.00521. The number of pyridine rings is 2. The predicted molar refractivity (Wildman–Crippen MR) is 143 cm³/mol. The third kappa shape index (κ3) is 4.50. The maximum atomic E-state index is 11.9. The first-order chi connectivity index (χ1) is 17.5. The van der Waals surface area contributed by atoms with E-state index < -0.39 is 0 Å². The molecule has 1 amide bonds. The standard InChI is InChI=1S/C29H30N4O3/c1-18-16-33(17-19(2)36-18)22-11-8-20(9-12-22)25-15-32-27-23(6-5-7-24(27)28(25)35-4)21-10-13-26(31-14-21)29(34)30-3/h5-15,18-19H,16-17H2,1-4H3,(H,30,34)/t18-,19?/m1/s1. The van der Waals surface area contributed by atoms with Crippen molar-refractivity contribution in [2.24, 2.45) is 0 Å². The number of para-hydroxylation sites is 1. The third-order valence-corrected chi connectivity index (χ3v) is 6.55. The van der Waals surface area contributed by atoms with Crippen LogP contribution < -0.4 is 15.0 Å². The molecule has 1 aliphatic heterocycles. The number of morpholine rings is 1. The van der Waals surface area contributed by atoms with Crippen molar-refractivity contribution in [3.05, 3.63) is 72.7 Å². The highest BCUT2D eigenvalue weighted by atomic mass is 16.5. The molecule has 7 heteroatoms. The molecule has 3 heterocycles. The molecule has 2 aromatic heterocycles. The molecular formula is C29H30N4O3. The summed E-state index contributed by atoms with van der Waals surface area (Å²) in [6.07, 6.45) is 3.99. The van der Waals surface area contributed by atoms with E-state index in [0.29, 0.717) is 5.69 Å². The van der Waals surface area contributed by atoms with Crippen molar-refractivity contribution in [2.45, 2.75) is 26.1 Å². The number of carbonyl (C=O) groups excluding carboxylic acids is 1. The van der Waals surface area contributed by atoms with Crippen LogP contribution in [0.4, 0.5) is 5.69 Å².